The average molecular weight is 310 g/mol. The van der Waals surface area contributed by atoms with E-state index in [-0.39, 0.29) is 0 Å². The number of nitrogens with zero attached hydrogens (tertiary/aromatic N) is 2. The molecule has 21 heavy (non-hydrogen) atoms. The maximum Gasteiger partial charge on any atom is 0.401 e. The zero-order valence-corrected chi connectivity index (χ0v) is 12.2. The van der Waals surface area contributed by atoms with Crippen molar-refractivity contribution in [2.75, 3.05) is 32.7 Å². The summed E-state index contributed by atoms with van der Waals surface area (Å²) in [7, 11) is 0. The molecule has 0 aromatic heterocycles. The van der Waals surface area contributed by atoms with E-state index in [2.05, 4.69) is 0 Å². The first-order valence-electron chi connectivity index (χ1n) is 6.85. The Bertz CT molecular complexity index is 377. The molecule has 1 fully saturated rings. The second-order valence-electron chi connectivity index (χ2n) is 5.90. The summed E-state index contributed by atoms with van der Waals surface area (Å²) in [6.07, 6.45) is -3.55. The molecule has 0 saturated carbocycles. The number of hydrogen-bond acceptors (Lipinski definition) is 3. The van der Waals surface area contributed by atoms with Crippen molar-refractivity contribution in [3.63, 3.8) is 0 Å². The van der Waals surface area contributed by atoms with Gasteiger partial charge in [-0.2, -0.15) is 13.2 Å². The summed E-state index contributed by atoms with van der Waals surface area (Å²) in [5.41, 5.74) is 0. The lowest BCUT2D eigenvalue weighted by Crippen LogP contribution is -2.49. The zero-order chi connectivity index (χ0) is 16.2. The molecule has 0 aromatic carbocycles. The van der Waals surface area contributed by atoms with Crippen molar-refractivity contribution in [1.82, 2.24) is 9.80 Å². The number of likely N-dealkylation sites (tertiary alicyclic amines) is 1. The minimum atomic E-state index is -4.53. The normalized spacial score (nSPS) is 23.4. The number of carbonyl (C=O) groups excluding carboxylic acids is 1. The molecule has 1 saturated heterocycles. The molecule has 1 rings (SSSR count). The number of carboxylic acids is 1. The number of aliphatic carboxylic acids is 1. The predicted molar refractivity (Wildman–Crippen MR) is 69.7 cm³/mol. The maximum absolute atomic E-state index is 12.4. The van der Waals surface area contributed by atoms with Gasteiger partial charge in [-0.15, -0.1) is 0 Å². The number of piperidine rings is 1. The molecular weight excluding hydrogens is 289 g/mol. The fourth-order valence-electron chi connectivity index (χ4n) is 2.77. The van der Waals surface area contributed by atoms with Crippen molar-refractivity contribution in [3.05, 3.63) is 0 Å². The number of carboxylic acid groups (broad SMARTS) is 1. The Morgan fingerprint density at radius 3 is 2.14 bits per heavy atom. The van der Waals surface area contributed by atoms with Gasteiger partial charge in [0.1, 0.15) is 0 Å². The Morgan fingerprint density at radius 1 is 1.19 bits per heavy atom. The maximum atomic E-state index is 12.4. The summed E-state index contributed by atoms with van der Waals surface area (Å²) in [6.45, 7) is 2.27. The Balaban J connectivity index is 2.64. The van der Waals surface area contributed by atoms with Gasteiger partial charge in [0.05, 0.1) is 19.6 Å². The first-order chi connectivity index (χ1) is 9.56. The van der Waals surface area contributed by atoms with E-state index < -0.39 is 37.7 Å². The Labute approximate surface area is 121 Å². The highest BCUT2D eigenvalue weighted by atomic mass is 19.4. The van der Waals surface area contributed by atoms with Gasteiger partial charge >= 0.3 is 12.1 Å². The van der Waals surface area contributed by atoms with E-state index in [0.29, 0.717) is 29.8 Å². The predicted octanol–water partition coefficient (Wildman–Crippen LogP) is 1.44. The first-order valence-corrected chi connectivity index (χ1v) is 6.85. The van der Waals surface area contributed by atoms with Crippen molar-refractivity contribution < 1.29 is 27.9 Å². The highest BCUT2D eigenvalue weighted by Crippen LogP contribution is 2.21. The van der Waals surface area contributed by atoms with Gasteiger partial charge in [-0.1, -0.05) is 13.8 Å². The van der Waals surface area contributed by atoms with Crippen LogP contribution in [-0.2, 0) is 9.59 Å². The van der Waals surface area contributed by atoms with Crippen molar-refractivity contribution in [2.45, 2.75) is 26.4 Å². The fraction of sp³-hybridized carbons (Fsp3) is 0.846. The molecule has 5 nitrogen and oxygen atoms in total. The molecule has 0 bridgehead atoms. The lowest BCUT2D eigenvalue weighted by Gasteiger charge is -2.36. The molecule has 1 heterocycles. The minimum Gasteiger partial charge on any atom is -0.480 e. The third-order valence-corrected chi connectivity index (χ3v) is 3.34. The summed E-state index contributed by atoms with van der Waals surface area (Å²) in [6, 6.07) is 0. The van der Waals surface area contributed by atoms with E-state index in [0.717, 1.165) is 6.42 Å². The number of hydrogen-bond donors (Lipinski definition) is 1. The number of carbonyl (C=O) groups is 2. The molecule has 0 radical (unpaired) electrons. The highest BCUT2D eigenvalue weighted by molar-refractivity contribution is 5.79. The smallest absolute Gasteiger partial charge is 0.401 e. The molecule has 1 aliphatic rings. The van der Waals surface area contributed by atoms with Gasteiger partial charge in [0.2, 0.25) is 5.91 Å². The van der Waals surface area contributed by atoms with E-state index in [1.165, 1.54) is 4.90 Å². The van der Waals surface area contributed by atoms with Crippen LogP contribution in [0.2, 0.25) is 0 Å². The molecule has 1 aliphatic heterocycles. The van der Waals surface area contributed by atoms with Crippen LogP contribution in [0, 0.1) is 11.8 Å². The van der Waals surface area contributed by atoms with Crippen LogP contribution >= 0.6 is 0 Å². The molecule has 0 spiro atoms. The van der Waals surface area contributed by atoms with Gasteiger partial charge in [-0.05, 0) is 18.3 Å². The molecule has 1 amide bonds. The van der Waals surface area contributed by atoms with Crippen LogP contribution in [0.3, 0.4) is 0 Å². The van der Waals surface area contributed by atoms with Gasteiger partial charge in [-0.25, -0.2) is 0 Å². The van der Waals surface area contributed by atoms with Crippen molar-refractivity contribution in [1.29, 1.82) is 0 Å². The SMILES string of the molecule is CC1CC(C)CN(C(=O)CN(CC(=O)O)CC(F)(F)F)C1. The average Bonchev–Trinajstić information content (AvgIpc) is 2.23. The standard InChI is InChI=1S/C13H21F3N2O3/c1-9-3-10(2)5-18(4-9)11(19)6-17(7-12(20)21)8-13(14,15)16/h9-10H,3-8H2,1-2H3,(H,20,21). The van der Waals surface area contributed by atoms with E-state index >= 15 is 0 Å². The van der Waals surface area contributed by atoms with Gasteiger partial charge < -0.3 is 10.0 Å². The summed E-state index contributed by atoms with van der Waals surface area (Å²) in [4.78, 5) is 24.9. The first kappa shape index (κ1) is 17.7. The van der Waals surface area contributed by atoms with Crippen LogP contribution < -0.4 is 0 Å². The quantitative estimate of drug-likeness (QED) is 0.835. The van der Waals surface area contributed by atoms with Gasteiger partial charge in [0.15, 0.2) is 0 Å². The van der Waals surface area contributed by atoms with E-state index in [1.54, 1.807) is 0 Å². The Hall–Kier alpha value is -1.31. The number of halogens is 3. The van der Waals surface area contributed by atoms with Crippen LogP contribution in [-0.4, -0.2) is 65.7 Å². The van der Waals surface area contributed by atoms with Crippen LogP contribution in [0.4, 0.5) is 13.2 Å². The third kappa shape index (κ3) is 6.79. The van der Waals surface area contributed by atoms with Crippen molar-refractivity contribution in [3.8, 4) is 0 Å². The van der Waals surface area contributed by atoms with Crippen LogP contribution in [0.25, 0.3) is 0 Å². The van der Waals surface area contributed by atoms with Crippen LogP contribution in [0.5, 0.6) is 0 Å². The number of rotatable bonds is 5. The Morgan fingerprint density at radius 2 is 1.71 bits per heavy atom. The van der Waals surface area contributed by atoms with Crippen LogP contribution in [0.15, 0.2) is 0 Å². The molecular formula is C13H21F3N2O3. The van der Waals surface area contributed by atoms with Crippen molar-refractivity contribution >= 4 is 11.9 Å². The third-order valence-electron chi connectivity index (χ3n) is 3.34. The highest BCUT2D eigenvalue weighted by Gasteiger charge is 2.34. The lowest BCUT2D eigenvalue weighted by molar-refractivity contribution is -0.157. The molecule has 8 heteroatoms. The second-order valence-corrected chi connectivity index (χ2v) is 5.90. The van der Waals surface area contributed by atoms with Gasteiger partial charge in [0.25, 0.3) is 0 Å². The van der Waals surface area contributed by atoms with Crippen LogP contribution in [0.1, 0.15) is 20.3 Å². The van der Waals surface area contributed by atoms with E-state index in [4.69, 9.17) is 5.11 Å². The molecule has 1 N–H and O–H groups in total. The molecule has 0 aromatic rings. The monoisotopic (exact) mass is 310 g/mol. The molecule has 0 aliphatic carbocycles. The van der Waals surface area contributed by atoms with Crippen molar-refractivity contribution in [2.24, 2.45) is 11.8 Å². The van der Waals surface area contributed by atoms with E-state index in [1.807, 2.05) is 13.8 Å². The van der Waals surface area contributed by atoms with E-state index in [9.17, 15) is 22.8 Å². The fourth-order valence-corrected chi connectivity index (χ4v) is 2.77. The summed E-state index contributed by atoms with van der Waals surface area (Å²) >= 11 is 0. The minimum absolute atomic E-state index is 0.299. The molecule has 2 unspecified atom stereocenters. The Kier molecular flexibility index (Phi) is 6.00. The number of alkyl halides is 3. The summed E-state index contributed by atoms with van der Waals surface area (Å²) in [5.74, 6) is -1.23. The molecule has 122 valence electrons. The summed E-state index contributed by atoms with van der Waals surface area (Å²) in [5, 5.41) is 8.65. The second kappa shape index (κ2) is 7.11. The topological polar surface area (TPSA) is 60.9 Å². The largest absolute Gasteiger partial charge is 0.480 e. The number of amides is 1. The lowest BCUT2D eigenvalue weighted by atomic mass is 9.92. The molecule has 2 atom stereocenters. The summed E-state index contributed by atoms with van der Waals surface area (Å²) < 4.78 is 37.2. The van der Waals surface area contributed by atoms with Gasteiger partial charge in [-0.3, -0.25) is 14.5 Å². The van der Waals surface area contributed by atoms with Gasteiger partial charge in [0, 0.05) is 13.1 Å². The zero-order valence-electron chi connectivity index (χ0n) is 12.2.